The molecule has 180 valence electrons. The molecule has 0 rings (SSSR count). The van der Waals surface area contributed by atoms with Crippen LogP contribution in [0.1, 0.15) is 52.4 Å². The van der Waals surface area contributed by atoms with Gasteiger partial charge in [0.2, 0.25) is 0 Å². The lowest BCUT2D eigenvalue weighted by Gasteiger charge is -2.08. The van der Waals surface area contributed by atoms with Crippen molar-refractivity contribution in [3.05, 3.63) is 0 Å². The summed E-state index contributed by atoms with van der Waals surface area (Å²) in [6.45, 7) is 11.1. The third-order valence-corrected chi connectivity index (χ3v) is 3.95. The maximum atomic E-state index is 11.1. The smallest absolute Gasteiger partial charge is 0.305 e. The predicted octanol–water partition coefficient (Wildman–Crippen LogP) is 3.01. The third-order valence-electron chi connectivity index (χ3n) is 3.95. The molecule has 0 atom stereocenters. The fraction of sp³-hybridized carbons (Fsp3) is 0.955. The maximum Gasteiger partial charge on any atom is 0.305 e. The lowest BCUT2D eigenvalue weighted by molar-refractivity contribution is -0.145. The van der Waals surface area contributed by atoms with Crippen LogP contribution in [0.15, 0.2) is 0 Å². The lowest BCUT2D eigenvalue weighted by atomic mass is 10.2. The van der Waals surface area contributed by atoms with Crippen LogP contribution in [0.3, 0.4) is 0 Å². The highest BCUT2D eigenvalue weighted by atomic mass is 16.6. The van der Waals surface area contributed by atoms with E-state index in [4.69, 9.17) is 33.2 Å². The summed E-state index contributed by atoms with van der Waals surface area (Å²) in [5.41, 5.74) is 0. The molecule has 0 aliphatic carbocycles. The van der Waals surface area contributed by atoms with Gasteiger partial charge in [-0.3, -0.25) is 4.79 Å². The van der Waals surface area contributed by atoms with Crippen molar-refractivity contribution in [1.82, 2.24) is 0 Å². The van der Waals surface area contributed by atoms with Gasteiger partial charge in [-0.05, 0) is 12.8 Å². The number of esters is 1. The first-order chi connectivity index (χ1) is 14.8. The van der Waals surface area contributed by atoms with Crippen LogP contribution in [0.5, 0.6) is 0 Å². The monoisotopic (exact) mass is 436 g/mol. The summed E-state index contributed by atoms with van der Waals surface area (Å²) in [6, 6.07) is 0. The Kier molecular flexibility index (Phi) is 25.6. The molecule has 8 heteroatoms. The summed E-state index contributed by atoms with van der Waals surface area (Å²) in [7, 11) is 0. The second kappa shape index (κ2) is 26.3. The van der Waals surface area contributed by atoms with Gasteiger partial charge in [0.05, 0.1) is 72.7 Å². The molecule has 0 N–H and O–H groups in total. The number of ether oxygens (including phenoxy) is 7. The zero-order chi connectivity index (χ0) is 22.0. The number of carbonyl (C=O) groups is 1. The van der Waals surface area contributed by atoms with Crippen LogP contribution in [0, 0.1) is 0 Å². The van der Waals surface area contributed by atoms with Gasteiger partial charge in [0.15, 0.2) is 0 Å². The van der Waals surface area contributed by atoms with Crippen molar-refractivity contribution in [2.24, 2.45) is 0 Å². The highest BCUT2D eigenvalue weighted by Crippen LogP contribution is 1.98. The normalized spacial score (nSPS) is 11.1. The molecule has 0 unspecified atom stereocenters. The van der Waals surface area contributed by atoms with Gasteiger partial charge in [0.1, 0.15) is 6.61 Å². The van der Waals surface area contributed by atoms with Gasteiger partial charge >= 0.3 is 5.97 Å². The molecular weight excluding hydrogens is 392 g/mol. The molecule has 0 bridgehead atoms. The van der Waals surface area contributed by atoms with Crippen LogP contribution in [0.4, 0.5) is 0 Å². The molecule has 0 saturated heterocycles. The second-order valence-corrected chi connectivity index (χ2v) is 6.71. The molecule has 0 spiro atoms. The van der Waals surface area contributed by atoms with E-state index in [-0.39, 0.29) is 5.97 Å². The molecular formula is C22H44O8. The summed E-state index contributed by atoms with van der Waals surface area (Å²) in [5.74, 6) is -0.177. The van der Waals surface area contributed by atoms with Gasteiger partial charge in [-0.2, -0.15) is 0 Å². The molecule has 0 radical (unpaired) electrons. The summed E-state index contributed by atoms with van der Waals surface area (Å²) in [5, 5.41) is 0. The Balaban J connectivity index is 3.03. The summed E-state index contributed by atoms with van der Waals surface area (Å²) in [4.78, 5) is 11.1. The molecule has 0 amide bonds. The zero-order valence-electron chi connectivity index (χ0n) is 19.2. The quantitative estimate of drug-likeness (QED) is 0.160. The molecule has 8 nitrogen and oxygen atoms in total. The maximum absolute atomic E-state index is 11.1. The molecule has 0 aromatic rings. The summed E-state index contributed by atoms with van der Waals surface area (Å²) < 4.78 is 37.5. The lowest BCUT2D eigenvalue weighted by Crippen LogP contribution is -2.15. The van der Waals surface area contributed by atoms with E-state index in [0.29, 0.717) is 85.7 Å². The van der Waals surface area contributed by atoms with Crippen molar-refractivity contribution in [1.29, 1.82) is 0 Å². The number of unbranched alkanes of at least 4 members (excludes halogenated alkanes) is 3. The fourth-order valence-electron chi connectivity index (χ4n) is 2.32. The molecule has 30 heavy (non-hydrogen) atoms. The Morgan fingerprint density at radius 1 is 0.467 bits per heavy atom. The van der Waals surface area contributed by atoms with Crippen LogP contribution in [-0.2, 0) is 38.0 Å². The Labute approximate surface area is 182 Å². The first-order valence-electron chi connectivity index (χ1n) is 11.4. The Bertz CT molecular complexity index is 341. The average molecular weight is 437 g/mol. The number of hydrogen-bond acceptors (Lipinski definition) is 8. The van der Waals surface area contributed by atoms with E-state index < -0.39 is 0 Å². The van der Waals surface area contributed by atoms with Crippen molar-refractivity contribution in [2.45, 2.75) is 52.4 Å². The van der Waals surface area contributed by atoms with E-state index in [1.807, 2.05) is 6.92 Å². The molecule has 0 aromatic heterocycles. The van der Waals surface area contributed by atoms with Crippen molar-refractivity contribution < 1.29 is 38.0 Å². The first-order valence-corrected chi connectivity index (χ1v) is 11.4. The molecule has 0 aliphatic heterocycles. The minimum absolute atomic E-state index is 0.177. The molecule has 0 saturated carbocycles. The van der Waals surface area contributed by atoms with Crippen molar-refractivity contribution in [3.8, 4) is 0 Å². The zero-order valence-corrected chi connectivity index (χ0v) is 19.2. The largest absolute Gasteiger partial charge is 0.463 e. The van der Waals surface area contributed by atoms with Crippen LogP contribution < -0.4 is 0 Å². The number of rotatable bonds is 25. The average Bonchev–Trinajstić information content (AvgIpc) is 2.74. The number of carbonyl (C=O) groups excluding carboxylic acids is 1. The minimum atomic E-state index is -0.177. The van der Waals surface area contributed by atoms with Crippen LogP contribution in [0.2, 0.25) is 0 Å². The molecule has 0 fully saturated rings. The topological polar surface area (TPSA) is 81.7 Å². The molecule has 0 heterocycles. The Morgan fingerprint density at radius 3 is 1.27 bits per heavy atom. The van der Waals surface area contributed by atoms with Gasteiger partial charge in [-0.1, -0.05) is 33.1 Å². The van der Waals surface area contributed by atoms with Crippen molar-refractivity contribution >= 4 is 5.97 Å². The van der Waals surface area contributed by atoms with E-state index >= 15 is 0 Å². The van der Waals surface area contributed by atoms with Gasteiger partial charge in [-0.25, -0.2) is 0 Å². The minimum Gasteiger partial charge on any atom is -0.463 e. The van der Waals surface area contributed by atoms with Crippen molar-refractivity contribution in [3.63, 3.8) is 0 Å². The first kappa shape index (κ1) is 29.2. The SMILES string of the molecule is CCCCCCOCCOCCOCCOCCOCCOCCOC(=O)CCC. The molecule has 0 aliphatic rings. The molecule has 0 aromatic carbocycles. The Hall–Kier alpha value is -0.770. The van der Waals surface area contributed by atoms with Gasteiger partial charge < -0.3 is 33.2 Å². The third kappa shape index (κ3) is 25.3. The fourth-order valence-corrected chi connectivity index (χ4v) is 2.32. The standard InChI is InChI=1S/C22H44O8/c1-3-5-6-7-9-24-10-11-25-12-13-26-14-15-27-16-17-28-18-19-29-20-21-30-22(23)8-4-2/h3-21H2,1-2H3. The van der Waals surface area contributed by atoms with E-state index in [1.54, 1.807) is 0 Å². The second-order valence-electron chi connectivity index (χ2n) is 6.71. The van der Waals surface area contributed by atoms with Gasteiger partial charge in [0.25, 0.3) is 0 Å². The van der Waals surface area contributed by atoms with Crippen LogP contribution >= 0.6 is 0 Å². The van der Waals surface area contributed by atoms with Crippen LogP contribution in [-0.4, -0.2) is 91.9 Å². The van der Waals surface area contributed by atoms with Crippen molar-refractivity contribution in [2.75, 3.05) is 85.9 Å². The van der Waals surface area contributed by atoms with Crippen LogP contribution in [0.25, 0.3) is 0 Å². The van der Waals surface area contributed by atoms with Gasteiger partial charge in [0, 0.05) is 13.0 Å². The predicted molar refractivity (Wildman–Crippen MR) is 115 cm³/mol. The van der Waals surface area contributed by atoms with E-state index in [0.717, 1.165) is 19.4 Å². The summed E-state index contributed by atoms with van der Waals surface area (Å²) in [6.07, 6.45) is 6.16. The van der Waals surface area contributed by atoms with E-state index in [2.05, 4.69) is 6.92 Å². The van der Waals surface area contributed by atoms with E-state index in [9.17, 15) is 4.79 Å². The summed E-state index contributed by atoms with van der Waals surface area (Å²) >= 11 is 0. The highest BCUT2D eigenvalue weighted by molar-refractivity contribution is 5.69. The highest BCUT2D eigenvalue weighted by Gasteiger charge is 1.99. The van der Waals surface area contributed by atoms with E-state index in [1.165, 1.54) is 19.3 Å². The Morgan fingerprint density at radius 2 is 0.867 bits per heavy atom. The number of hydrogen-bond donors (Lipinski definition) is 0. The van der Waals surface area contributed by atoms with Gasteiger partial charge in [-0.15, -0.1) is 0 Å².